The summed E-state index contributed by atoms with van der Waals surface area (Å²) < 4.78 is 0. The van der Waals surface area contributed by atoms with E-state index in [0.29, 0.717) is 22.5 Å². The highest BCUT2D eigenvalue weighted by Crippen LogP contribution is 2.29. The molecule has 3 rings (SSSR count). The maximum absolute atomic E-state index is 9.81. The molecule has 0 amide bonds. The molecule has 4 N–H and O–H groups in total. The minimum Gasteiger partial charge on any atom is -0.508 e. The van der Waals surface area contributed by atoms with Crippen LogP contribution in [0.1, 0.15) is 11.1 Å². The highest BCUT2D eigenvalue weighted by atomic mass is 16.3. The molecule has 0 aliphatic carbocycles. The molecule has 0 saturated heterocycles. The van der Waals surface area contributed by atoms with Gasteiger partial charge in [-0.1, -0.05) is 12.1 Å². The number of hydrogen-bond acceptors (Lipinski definition) is 6. The van der Waals surface area contributed by atoms with Crippen LogP contribution in [-0.2, 0) is 0 Å². The minimum atomic E-state index is -0.00258. The van der Waals surface area contributed by atoms with Crippen molar-refractivity contribution in [1.82, 2.24) is 0 Å². The maximum Gasteiger partial charge on any atom is 0.124 e. The number of aromatic hydroxyl groups is 4. The number of hydrogen-bond donors (Lipinski definition) is 4. The van der Waals surface area contributed by atoms with Crippen LogP contribution in [0.3, 0.4) is 0 Å². The van der Waals surface area contributed by atoms with Gasteiger partial charge in [0.25, 0.3) is 0 Å². The van der Waals surface area contributed by atoms with Crippen LogP contribution in [0.15, 0.2) is 70.6 Å². The number of para-hydroxylation sites is 2. The minimum absolute atomic E-state index is 0.00258. The Morgan fingerprint density at radius 1 is 0.577 bits per heavy atom. The van der Waals surface area contributed by atoms with Crippen LogP contribution in [0.2, 0.25) is 0 Å². The zero-order valence-electron chi connectivity index (χ0n) is 13.6. The van der Waals surface area contributed by atoms with Gasteiger partial charge in [-0.25, -0.2) is 0 Å². The lowest BCUT2D eigenvalue weighted by molar-refractivity contribution is 0.459. The van der Waals surface area contributed by atoms with Crippen molar-refractivity contribution in [2.24, 2.45) is 9.98 Å². The average Bonchev–Trinajstić information content (AvgIpc) is 2.64. The van der Waals surface area contributed by atoms with E-state index in [9.17, 15) is 20.4 Å². The van der Waals surface area contributed by atoms with E-state index in [1.807, 2.05) is 0 Å². The number of phenolic OH excluding ortho intramolecular Hbond substituents is 4. The van der Waals surface area contributed by atoms with Crippen molar-refractivity contribution in [2.75, 3.05) is 0 Å². The molecule has 0 heterocycles. The Balaban J connectivity index is 1.91. The molecule has 0 radical (unpaired) electrons. The van der Waals surface area contributed by atoms with Gasteiger partial charge in [0.1, 0.15) is 23.0 Å². The van der Waals surface area contributed by atoms with E-state index in [2.05, 4.69) is 9.98 Å². The van der Waals surface area contributed by atoms with Crippen LogP contribution in [0.4, 0.5) is 11.4 Å². The molecule has 6 heteroatoms. The van der Waals surface area contributed by atoms with Crippen LogP contribution < -0.4 is 0 Å². The lowest BCUT2D eigenvalue weighted by atomic mass is 10.2. The van der Waals surface area contributed by atoms with Gasteiger partial charge in [-0.05, 0) is 48.5 Å². The van der Waals surface area contributed by atoms with Gasteiger partial charge in [-0.2, -0.15) is 0 Å². The molecule has 6 nitrogen and oxygen atoms in total. The summed E-state index contributed by atoms with van der Waals surface area (Å²) in [4.78, 5) is 8.62. The molecular formula is C20H16N2O4. The third kappa shape index (κ3) is 3.99. The SMILES string of the molecule is Oc1ccc(O)c(/C=N/c2ccccc2/N=C/c2cc(O)ccc2O)c1. The van der Waals surface area contributed by atoms with E-state index in [-0.39, 0.29) is 23.0 Å². The zero-order chi connectivity index (χ0) is 18.5. The van der Waals surface area contributed by atoms with Gasteiger partial charge in [0.15, 0.2) is 0 Å². The predicted octanol–water partition coefficient (Wildman–Crippen LogP) is 4.01. The standard InChI is InChI=1S/C20H16N2O4/c23-15-5-7-19(25)13(9-15)11-21-17-3-1-2-4-18(17)22-12-14-10-16(24)6-8-20(14)26/h1-12,23-26H/b21-11+,22-12+. The summed E-state index contributed by atoms with van der Waals surface area (Å²) in [5.41, 5.74) is 1.81. The summed E-state index contributed by atoms with van der Waals surface area (Å²) in [6, 6.07) is 15.4. The van der Waals surface area contributed by atoms with Gasteiger partial charge < -0.3 is 20.4 Å². The zero-order valence-corrected chi connectivity index (χ0v) is 13.6. The van der Waals surface area contributed by atoms with Gasteiger partial charge in [0, 0.05) is 23.6 Å². The number of rotatable bonds is 4. The van der Waals surface area contributed by atoms with Crippen molar-refractivity contribution in [3.05, 3.63) is 71.8 Å². The molecule has 0 aromatic heterocycles. The van der Waals surface area contributed by atoms with Gasteiger partial charge in [-0.15, -0.1) is 0 Å². The van der Waals surface area contributed by atoms with Crippen molar-refractivity contribution in [3.63, 3.8) is 0 Å². The van der Waals surface area contributed by atoms with E-state index in [1.54, 1.807) is 24.3 Å². The molecule has 3 aromatic rings. The summed E-state index contributed by atoms with van der Waals surface area (Å²) in [5.74, 6) is 0.0410. The van der Waals surface area contributed by atoms with Crippen molar-refractivity contribution in [1.29, 1.82) is 0 Å². The molecule has 0 unspecified atom stereocenters. The van der Waals surface area contributed by atoms with Crippen molar-refractivity contribution in [2.45, 2.75) is 0 Å². The Bertz CT molecular complexity index is 916. The Hall–Kier alpha value is -3.80. The van der Waals surface area contributed by atoms with Crippen LogP contribution in [0, 0.1) is 0 Å². The summed E-state index contributed by atoms with van der Waals surface area (Å²) in [6.45, 7) is 0. The number of aliphatic imine (C=N–C) groups is 2. The average molecular weight is 348 g/mol. The Labute approximate surface area is 149 Å². The van der Waals surface area contributed by atoms with Crippen molar-refractivity contribution < 1.29 is 20.4 Å². The topological polar surface area (TPSA) is 106 Å². The Kier molecular flexibility index (Phi) is 4.85. The van der Waals surface area contributed by atoms with E-state index in [1.165, 1.54) is 48.8 Å². The summed E-state index contributed by atoms with van der Waals surface area (Å²) in [6.07, 6.45) is 2.85. The third-order valence-corrected chi connectivity index (χ3v) is 3.59. The first-order chi connectivity index (χ1) is 12.5. The first-order valence-electron chi connectivity index (χ1n) is 7.74. The monoisotopic (exact) mass is 348 g/mol. The predicted molar refractivity (Wildman–Crippen MR) is 100 cm³/mol. The van der Waals surface area contributed by atoms with Gasteiger partial charge >= 0.3 is 0 Å². The molecule has 0 saturated carbocycles. The number of benzene rings is 3. The van der Waals surface area contributed by atoms with E-state index >= 15 is 0 Å². The van der Waals surface area contributed by atoms with Crippen molar-refractivity contribution >= 4 is 23.8 Å². The van der Waals surface area contributed by atoms with Crippen molar-refractivity contribution in [3.8, 4) is 23.0 Å². The Morgan fingerprint density at radius 2 is 1.00 bits per heavy atom. The molecule has 0 bridgehead atoms. The number of nitrogens with zero attached hydrogens (tertiary/aromatic N) is 2. The highest BCUT2D eigenvalue weighted by molar-refractivity contribution is 5.89. The first kappa shape index (κ1) is 17.0. The van der Waals surface area contributed by atoms with E-state index in [0.717, 1.165) is 0 Å². The molecule has 26 heavy (non-hydrogen) atoms. The largest absolute Gasteiger partial charge is 0.508 e. The van der Waals surface area contributed by atoms with E-state index < -0.39 is 0 Å². The fourth-order valence-electron chi connectivity index (χ4n) is 2.25. The second-order valence-electron chi connectivity index (χ2n) is 5.49. The summed E-state index contributed by atoms with van der Waals surface area (Å²) in [7, 11) is 0. The van der Waals surface area contributed by atoms with Crippen LogP contribution in [0.25, 0.3) is 0 Å². The van der Waals surface area contributed by atoms with Crippen LogP contribution in [0.5, 0.6) is 23.0 Å². The third-order valence-electron chi connectivity index (χ3n) is 3.59. The second kappa shape index (κ2) is 7.40. The van der Waals surface area contributed by atoms with Gasteiger partial charge in [0.2, 0.25) is 0 Å². The molecule has 0 aliphatic heterocycles. The molecule has 0 spiro atoms. The molecule has 0 aliphatic rings. The molecule has 0 atom stereocenters. The molecular weight excluding hydrogens is 332 g/mol. The Morgan fingerprint density at radius 3 is 1.42 bits per heavy atom. The fourth-order valence-corrected chi connectivity index (χ4v) is 2.25. The first-order valence-corrected chi connectivity index (χ1v) is 7.74. The molecule has 0 fully saturated rings. The highest BCUT2D eigenvalue weighted by Gasteiger charge is 2.03. The second-order valence-corrected chi connectivity index (χ2v) is 5.49. The lowest BCUT2D eigenvalue weighted by Gasteiger charge is -2.03. The molecule has 3 aromatic carbocycles. The maximum atomic E-state index is 9.81. The van der Waals surface area contributed by atoms with E-state index in [4.69, 9.17) is 0 Å². The molecule has 130 valence electrons. The normalized spacial score (nSPS) is 11.4. The summed E-state index contributed by atoms with van der Waals surface area (Å²) >= 11 is 0. The lowest BCUT2D eigenvalue weighted by Crippen LogP contribution is -1.83. The smallest absolute Gasteiger partial charge is 0.124 e. The van der Waals surface area contributed by atoms with Gasteiger partial charge in [0.05, 0.1) is 11.4 Å². The quantitative estimate of drug-likeness (QED) is 0.422. The number of phenols is 4. The van der Waals surface area contributed by atoms with Crippen LogP contribution >= 0.6 is 0 Å². The summed E-state index contributed by atoms with van der Waals surface area (Å²) in [5, 5.41) is 38.6. The van der Waals surface area contributed by atoms with Gasteiger partial charge in [-0.3, -0.25) is 9.98 Å². The van der Waals surface area contributed by atoms with Crippen LogP contribution in [-0.4, -0.2) is 32.9 Å². The fraction of sp³-hybridized carbons (Fsp3) is 0.